The summed E-state index contributed by atoms with van der Waals surface area (Å²) < 4.78 is 36.7. The molecule has 0 aromatic carbocycles. The molecule has 1 aliphatic heterocycles. The molecule has 3 N–H and O–H groups in total. The molecule has 21 heavy (non-hydrogen) atoms. The number of hydrogen-bond donors (Lipinski definition) is 3. The minimum Gasteiger partial charge on any atom is -0.391 e. The van der Waals surface area contributed by atoms with Gasteiger partial charge < -0.3 is 15.7 Å². The van der Waals surface area contributed by atoms with Crippen LogP contribution in [0.3, 0.4) is 0 Å². The minimum atomic E-state index is -4.21. The fourth-order valence-corrected chi connectivity index (χ4v) is 2.08. The van der Waals surface area contributed by atoms with Crippen LogP contribution in [0.4, 0.5) is 18.0 Å². The van der Waals surface area contributed by atoms with E-state index >= 15 is 0 Å². The average molecular weight is 311 g/mol. The quantitative estimate of drug-likeness (QED) is 0.734. The predicted molar refractivity (Wildman–Crippen MR) is 72.9 cm³/mol. The molecule has 2 unspecified atom stereocenters. The zero-order valence-corrected chi connectivity index (χ0v) is 12.6. The predicted octanol–water partition coefficient (Wildman–Crippen LogP) is 1.33. The van der Waals surface area contributed by atoms with Gasteiger partial charge in [-0.15, -0.1) is 0 Å². The second-order valence-electron chi connectivity index (χ2n) is 6.57. The molecule has 0 bridgehead atoms. The van der Waals surface area contributed by atoms with E-state index in [2.05, 4.69) is 10.6 Å². The van der Waals surface area contributed by atoms with Crippen molar-refractivity contribution in [2.75, 3.05) is 26.2 Å². The minimum absolute atomic E-state index is 0.105. The van der Waals surface area contributed by atoms with Crippen LogP contribution in [-0.2, 0) is 0 Å². The Labute approximate surface area is 122 Å². The summed E-state index contributed by atoms with van der Waals surface area (Å²) in [4.78, 5) is 12.9. The van der Waals surface area contributed by atoms with Crippen LogP contribution < -0.4 is 10.6 Å². The number of carbonyl (C=O) groups is 1. The van der Waals surface area contributed by atoms with Crippen molar-refractivity contribution < 1.29 is 23.1 Å². The Hall–Kier alpha value is -1.02. The number of likely N-dealkylation sites (tertiary alicyclic amines) is 1. The van der Waals surface area contributed by atoms with Gasteiger partial charge in [0, 0.05) is 25.7 Å². The third-order valence-corrected chi connectivity index (χ3v) is 3.47. The number of amides is 2. The van der Waals surface area contributed by atoms with Crippen molar-refractivity contribution in [3.63, 3.8) is 0 Å². The van der Waals surface area contributed by atoms with E-state index in [0.717, 1.165) is 0 Å². The van der Waals surface area contributed by atoms with E-state index in [1.165, 1.54) is 4.90 Å². The first kappa shape index (κ1) is 18.0. The molecule has 1 rings (SSSR count). The van der Waals surface area contributed by atoms with Gasteiger partial charge in [0.15, 0.2) is 0 Å². The van der Waals surface area contributed by atoms with Crippen molar-refractivity contribution in [2.24, 2.45) is 5.41 Å². The van der Waals surface area contributed by atoms with Crippen LogP contribution in [-0.4, -0.2) is 60.5 Å². The molecule has 1 heterocycles. The van der Waals surface area contributed by atoms with Gasteiger partial charge >= 0.3 is 12.2 Å². The molecule has 0 radical (unpaired) electrons. The number of halogens is 3. The number of nitrogens with zero attached hydrogens (tertiary/aromatic N) is 1. The highest BCUT2D eigenvalue weighted by molar-refractivity contribution is 5.74. The lowest BCUT2D eigenvalue weighted by Gasteiger charge is -2.26. The van der Waals surface area contributed by atoms with Crippen LogP contribution in [0.25, 0.3) is 0 Å². The third kappa shape index (κ3) is 6.99. The van der Waals surface area contributed by atoms with Gasteiger partial charge in [-0.1, -0.05) is 20.8 Å². The van der Waals surface area contributed by atoms with Crippen molar-refractivity contribution >= 4 is 6.03 Å². The number of alkyl halides is 3. The van der Waals surface area contributed by atoms with Gasteiger partial charge in [-0.25, -0.2) is 4.79 Å². The van der Waals surface area contributed by atoms with Crippen molar-refractivity contribution in [3.05, 3.63) is 0 Å². The van der Waals surface area contributed by atoms with E-state index in [0.29, 0.717) is 13.0 Å². The first-order chi connectivity index (χ1) is 9.47. The zero-order chi connectivity index (χ0) is 16.3. The van der Waals surface area contributed by atoms with Gasteiger partial charge in [0.05, 0.1) is 12.6 Å². The monoisotopic (exact) mass is 311 g/mol. The molecule has 2 amide bonds. The number of nitrogens with one attached hydrogen (secondary N) is 2. The lowest BCUT2D eigenvalue weighted by Crippen LogP contribution is -2.47. The van der Waals surface area contributed by atoms with E-state index in [9.17, 15) is 23.1 Å². The highest BCUT2D eigenvalue weighted by Gasteiger charge is 2.34. The highest BCUT2D eigenvalue weighted by atomic mass is 19.4. The van der Waals surface area contributed by atoms with Gasteiger partial charge in [-0.05, 0) is 11.8 Å². The van der Waals surface area contributed by atoms with Crippen molar-refractivity contribution in [2.45, 2.75) is 45.5 Å². The molecule has 1 aliphatic rings. The number of urea groups is 1. The average Bonchev–Trinajstić information content (AvgIpc) is 2.69. The topological polar surface area (TPSA) is 64.6 Å². The molecule has 0 spiro atoms. The second kappa shape index (κ2) is 6.83. The summed E-state index contributed by atoms with van der Waals surface area (Å²) in [6.07, 6.45) is -4.41. The van der Waals surface area contributed by atoms with Crippen molar-refractivity contribution in [1.29, 1.82) is 0 Å². The summed E-state index contributed by atoms with van der Waals surface area (Å²) in [6.45, 7) is 5.21. The van der Waals surface area contributed by atoms with E-state index in [1.807, 2.05) is 20.8 Å². The zero-order valence-electron chi connectivity index (χ0n) is 12.6. The van der Waals surface area contributed by atoms with Gasteiger partial charge in [0.25, 0.3) is 0 Å². The number of carbonyl (C=O) groups excluding carboxylic acids is 1. The van der Waals surface area contributed by atoms with E-state index < -0.39 is 24.9 Å². The Balaban J connectivity index is 2.27. The van der Waals surface area contributed by atoms with Crippen LogP contribution in [0.15, 0.2) is 0 Å². The van der Waals surface area contributed by atoms with Gasteiger partial charge in [-0.2, -0.15) is 13.2 Å². The van der Waals surface area contributed by atoms with Crippen LogP contribution in [0.5, 0.6) is 0 Å². The summed E-state index contributed by atoms with van der Waals surface area (Å²) >= 11 is 0. The molecule has 0 aliphatic carbocycles. The maximum absolute atomic E-state index is 12.2. The molecule has 0 aromatic heterocycles. The van der Waals surface area contributed by atoms with Gasteiger partial charge in [0.2, 0.25) is 0 Å². The molecule has 0 aromatic rings. The summed E-state index contributed by atoms with van der Waals surface area (Å²) in [5, 5.41) is 15.0. The van der Waals surface area contributed by atoms with Gasteiger partial charge in [0.1, 0.15) is 0 Å². The normalized spacial score (nSPS) is 22.1. The number of rotatable bonds is 4. The summed E-state index contributed by atoms with van der Waals surface area (Å²) in [5.41, 5.74) is -0.343. The second-order valence-corrected chi connectivity index (χ2v) is 6.57. The summed E-state index contributed by atoms with van der Waals surface area (Å²) in [6, 6.07) is -0.753. The van der Waals surface area contributed by atoms with E-state index in [1.54, 1.807) is 0 Å². The van der Waals surface area contributed by atoms with Crippen molar-refractivity contribution in [1.82, 2.24) is 15.5 Å². The molecule has 1 saturated heterocycles. The largest absolute Gasteiger partial charge is 0.401 e. The molecular weight excluding hydrogens is 287 g/mol. The Morgan fingerprint density at radius 2 is 2.00 bits per heavy atom. The molecule has 1 fully saturated rings. The van der Waals surface area contributed by atoms with Gasteiger partial charge in [-0.3, -0.25) is 4.90 Å². The molecule has 0 saturated carbocycles. The van der Waals surface area contributed by atoms with Crippen LogP contribution in [0, 0.1) is 5.41 Å². The SMILES string of the molecule is CC(C)(C)C(O)CNC(=O)NC1CCN(CC(F)(F)F)C1. The van der Waals surface area contributed by atoms with Crippen molar-refractivity contribution in [3.8, 4) is 0 Å². The lowest BCUT2D eigenvalue weighted by molar-refractivity contribution is -0.143. The molecule has 5 nitrogen and oxygen atoms in total. The standard InChI is InChI=1S/C13H24F3N3O2/c1-12(2,3)10(20)6-17-11(21)18-9-4-5-19(7-9)8-13(14,15)16/h9-10,20H,4-8H2,1-3H3,(H2,17,18,21). The van der Waals surface area contributed by atoms with Crippen LogP contribution in [0.1, 0.15) is 27.2 Å². The lowest BCUT2D eigenvalue weighted by atomic mass is 9.89. The Morgan fingerprint density at radius 1 is 1.38 bits per heavy atom. The third-order valence-electron chi connectivity index (χ3n) is 3.47. The molecule has 8 heteroatoms. The Kier molecular flexibility index (Phi) is 5.86. The maximum atomic E-state index is 12.2. The fraction of sp³-hybridized carbons (Fsp3) is 0.923. The number of aliphatic hydroxyl groups excluding tert-OH is 1. The molecular formula is C13H24F3N3O2. The highest BCUT2D eigenvalue weighted by Crippen LogP contribution is 2.20. The maximum Gasteiger partial charge on any atom is 0.401 e. The molecule has 124 valence electrons. The van der Waals surface area contributed by atoms with Crippen LogP contribution in [0.2, 0.25) is 0 Å². The first-order valence-electron chi connectivity index (χ1n) is 6.99. The summed E-state index contributed by atoms with van der Waals surface area (Å²) in [7, 11) is 0. The Bertz CT molecular complexity index is 356. The first-order valence-corrected chi connectivity index (χ1v) is 6.99. The fourth-order valence-electron chi connectivity index (χ4n) is 2.08. The van der Waals surface area contributed by atoms with Crippen LogP contribution >= 0.6 is 0 Å². The summed E-state index contributed by atoms with van der Waals surface area (Å²) in [5.74, 6) is 0. The van der Waals surface area contributed by atoms with E-state index in [4.69, 9.17) is 0 Å². The smallest absolute Gasteiger partial charge is 0.391 e. The molecule has 2 atom stereocenters. The number of aliphatic hydroxyl groups is 1. The van der Waals surface area contributed by atoms with E-state index in [-0.39, 0.29) is 24.5 Å². The number of hydrogen-bond acceptors (Lipinski definition) is 3. The Morgan fingerprint density at radius 3 is 2.52 bits per heavy atom.